The van der Waals surface area contributed by atoms with Crippen molar-refractivity contribution in [1.82, 2.24) is 0 Å². The summed E-state index contributed by atoms with van der Waals surface area (Å²) in [6, 6.07) is 15.1. The van der Waals surface area contributed by atoms with E-state index in [1.54, 1.807) is 23.6 Å². The number of hydrogen-bond acceptors (Lipinski definition) is 5. The molecule has 0 fully saturated rings. The van der Waals surface area contributed by atoms with E-state index in [9.17, 15) is 13.0 Å². The van der Waals surface area contributed by atoms with Crippen molar-refractivity contribution in [2.75, 3.05) is 4.90 Å². The summed E-state index contributed by atoms with van der Waals surface area (Å²) >= 11 is 1.59. The number of hydrogen-bond donors (Lipinski definition) is 0. The second kappa shape index (κ2) is 6.95. The van der Waals surface area contributed by atoms with Crippen molar-refractivity contribution in [3.05, 3.63) is 48.5 Å². The molecule has 0 saturated heterocycles. The Kier molecular flexibility index (Phi) is 5.63. The van der Waals surface area contributed by atoms with Gasteiger partial charge in [0.2, 0.25) is 0 Å². The Hall–Kier alpha value is -0.500. The van der Waals surface area contributed by atoms with Crippen LogP contribution in [-0.2, 0) is 10.1 Å². The summed E-state index contributed by atoms with van der Waals surface area (Å²) in [6.07, 6.45) is 0.235. The molecule has 0 aromatic heterocycles. The summed E-state index contributed by atoms with van der Waals surface area (Å²) in [6.45, 7) is 1.72. The van der Waals surface area contributed by atoms with Gasteiger partial charge in [-0.3, -0.25) is 0 Å². The molecule has 2 aromatic carbocycles. The molecular formula is C15H14NNaO3S2. The molecule has 22 heavy (non-hydrogen) atoms. The first-order valence-corrected chi connectivity index (χ1v) is 8.91. The van der Waals surface area contributed by atoms with Crippen molar-refractivity contribution >= 4 is 33.3 Å². The first kappa shape index (κ1) is 17.8. The molecule has 2 aromatic rings. The number of rotatable bonds is 3. The van der Waals surface area contributed by atoms with Crippen molar-refractivity contribution in [2.45, 2.75) is 28.5 Å². The number of nitrogens with zero attached hydrogens (tertiary/aromatic N) is 1. The number of benzene rings is 2. The molecule has 0 saturated carbocycles. The molecule has 1 aliphatic heterocycles. The number of anilines is 2. The van der Waals surface area contributed by atoms with E-state index in [1.807, 2.05) is 48.5 Å². The predicted octanol–water partition coefficient (Wildman–Crippen LogP) is 0.575. The van der Waals surface area contributed by atoms with Gasteiger partial charge in [0.1, 0.15) is 15.5 Å². The largest absolute Gasteiger partial charge is 1.00 e. The maximum atomic E-state index is 11.7. The van der Waals surface area contributed by atoms with Gasteiger partial charge < -0.3 is 9.45 Å². The minimum absolute atomic E-state index is 0. The SMILES string of the molecule is CCC(N1c2ccccc2Sc2ccccc21)S(=O)(=O)[O-].[Na+]. The molecular weight excluding hydrogens is 329 g/mol. The van der Waals surface area contributed by atoms with Crippen LogP contribution in [0.25, 0.3) is 0 Å². The Morgan fingerprint density at radius 1 is 1.05 bits per heavy atom. The Bertz CT molecular complexity index is 734. The fourth-order valence-electron chi connectivity index (χ4n) is 2.56. The summed E-state index contributed by atoms with van der Waals surface area (Å²) in [5, 5.41) is -1.10. The number of para-hydroxylation sites is 2. The zero-order valence-electron chi connectivity index (χ0n) is 12.4. The van der Waals surface area contributed by atoms with Gasteiger partial charge >= 0.3 is 29.6 Å². The topological polar surface area (TPSA) is 60.4 Å². The quantitative estimate of drug-likeness (QED) is 0.603. The molecule has 1 unspecified atom stereocenters. The van der Waals surface area contributed by atoms with Gasteiger partial charge in [-0.1, -0.05) is 43.0 Å². The molecule has 0 aliphatic carbocycles. The third-order valence-electron chi connectivity index (χ3n) is 3.44. The van der Waals surface area contributed by atoms with E-state index < -0.39 is 15.5 Å². The van der Waals surface area contributed by atoms with Gasteiger partial charge in [-0.2, -0.15) is 0 Å². The minimum atomic E-state index is -4.43. The Balaban J connectivity index is 0.00000176. The molecule has 0 N–H and O–H groups in total. The van der Waals surface area contributed by atoms with E-state index in [4.69, 9.17) is 0 Å². The van der Waals surface area contributed by atoms with Crippen molar-refractivity contribution in [2.24, 2.45) is 0 Å². The van der Waals surface area contributed by atoms with Crippen LogP contribution in [0.1, 0.15) is 13.3 Å². The van der Waals surface area contributed by atoms with Gasteiger partial charge in [0.15, 0.2) is 0 Å². The van der Waals surface area contributed by atoms with E-state index in [0.717, 1.165) is 21.2 Å². The molecule has 1 atom stereocenters. The van der Waals surface area contributed by atoms with Crippen molar-refractivity contribution < 1.29 is 42.5 Å². The predicted molar refractivity (Wildman–Crippen MR) is 82.9 cm³/mol. The van der Waals surface area contributed by atoms with Crippen molar-refractivity contribution in [3.63, 3.8) is 0 Å². The van der Waals surface area contributed by atoms with E-state index in [1.165, 1.54) is 0 Å². The van der Waals surface area contributed by atoms with Crippen LogP contribution >= 0.6 is 11.8 Å². The molecule has 0 amide bonds. The zero-order chi connectivity index (χ0) is 15.0. The Morgan fingerprint density at radius 2 is 1.50 bits per heavy atom. The summed E-state index contributed by atoms with van der Waals surface area (Å²) in [5.74, 6) is 0. The smallest absolute Gasteiger partial charge is 0.746 e. The molecule has 0 spiro atoms. The van der Waals surface area contributed by atoms with E-state index in [-0.39, 0.29) is 36.0 Å². The molecule has 1 heterocycles. The second-order valence-corrected chi connectivity index (χ2v) is 7.38. The second-order valence-electron chi connectivity index (χ2n) is 4.76. The van der Waals surface area contributed by atoms with Crippen LogP contribution in [0.2, 0.25) is 0 Å². The number of fused-ring (bicyclic) bond motifs is 2. The monoisotopic (exact) mass is 343 g/mol. The average molecular weight is 343 g/mol. The molecule has 0 bridgehead atoms. The molecule has 0 radical (unpaired) electrons. The minimum Gasteiger partial charge on any atom is -0.746 e. The van der Waals surface area contributed by atoms with E-state index in [2.05, 4.69) is 0 Å². The molecule has 7 heteroatoms. The maximum Gasteiger partial charge on any atom is 1.00 e. The van der Waals surface area contributed by atoms with Gasteiger partial charge in [-0.25, -0.2) is 8.42 Å². The summed E-state index contributed by atoms with van der Waals surface area (Å²) in [4.78, 5) is 3.57. The van der Waals surface area contributed by atoms with Crippen LogP contribution in [0.4, 0.5) is 11.4 Å². The summed E-state index contributed by atoms with van der Waals surface area (Å²) in [5.41, 5.74) is 1.54. The van der Waals surface area contributed by atoms with Crippen LogP contribution in [-0.4, -0.2) is 18.3 Å². The van der Waals surface area contributed by atoms with Gasteiger partial charge in [-0.05, 0) is 30.7 Å². The van der Waals surface area contributed by atoms with Crippen LogP contribution < -0.4 is 34.5 Å². The van der Waals surface area contributed by atoms with Gasteiger partial charge in [0, 0.05) is 9.79 Å². The fraction of sp³-hybridized carbons (Fsp3) is 0.200. The summed E-state index contributed by atoms with van der Waals surface area (Å²) < 4.78 is 35.0. The summed E-state index contributed by atoms with van der Waals surface area (Å²) in [7, 11) is -4.43. The normalized spacial score (nSPS) is 14.5. The molecule has 3 rings (SSSR count). The maximum absolute atomic E-state index is 11.7. The third kappa shape index (κ3) is 3.22. The van der Waals surface area contributed by atoms with Gasteiger partial charge in [-0.15, -0.1) is 0 Å². The fourth-order valence-corrected chi connectivity index (χ4v) is 4.52. The van der Waals surface area contributed by atoms with Gasteiger partial charge in [0.05, 0.1) is 11.4 Å². The van der Waals surface area contributed by atoms with E-state index >= 15 is 0 Å². The van der Waals surface area contributed by atoms with Crippen LogP contribution in [0, 0.1) is 0 Å². The van der Waals surface area contributed by atoms with Crippen LogP contribution in [0.15, 0.2) is 58.3 Å². The Morgan fingerprint density at radius 3 is 1.91 bits per heavy atom. The van der Waals surface area contributed by atoms with Crippen LogP contribution in [0.5, 0.6) is 0 Å². The molecule has 1 aliphatic rings. The first-order chi connectivity index (χ1) is 10.0. The van der Waals surface area contributed by atoms with Gasteiger partial charge in [0.25, 0.3) is 0 Å². The standard InChI is InChI=1S/C15H15NO3S2.Na/c1-2-15(21(17,18)19)16-11-7-3-5-9-13(11)20-14-10-6-4-8-12(14)16;/h3-10,15H,2H2,1H3,(H,17,18,19);/q;+1/p-1. The molecule has 4 nitrogen and oxygen atoms in total. The Labute approximate surface area is 157 Å². The van der Waals surface area contributed by atoms with E-state index in [0.29, 0.717) is 0 Å². The zero-order valence-corrected chi connectivity index (χ0v) is 16.0. The van der Waals surface area contributed by atoms with Crippen molar-refractivity contribution in [3.8, 4) is 0 Å². The third-order valence-corrected chi connectivity index (χ3v) is 5.78. The first-order valence-electron chi connectivity index (χ1n) is 6.62. The average Bonchev–Trinajstić information content (AvgIpc) is 2.46. The van der Waals surface area contributed by atoms with Crippen molar-refractivity contribution in [1.29, 1.82) is 0 Å². The van der Waals surface area contributed by atoms with Crippen LogP contribution in [0.3, 0.4) is 0 Å². The molecule has 110 valence electrons.